The molecule has 0 radical (unpaired) electrons. The van der Waals surface area contributed by atoms with Crippen molar-refractivity contribution in [2.24, 2.45) is 0 Å². The molecule has 0 amide bonds. The van der Waals surface area contributed by atoms with E-state index < -0.39 is 0 Å². The summed E-state index contributed by atoms with van der Waals surface area (Å²) in [5.74, 6) is 0. The summed E-state index contributed by atoms with van der Waals surface area (Å²) in [5.41, 5.74) is 0. The zero-order valence-electron chi connectivity index (χ0n) is 25.0. The molecule has 1 nitrogen and oxygen atoms in total. The fourth-order valence-corrected chi connectivity index (χ4v) is 4.66. The summed E-state index contributed by atoms with van der Waals surface area (Å²) in [6.07, 6.45) is 37.7. The maximum Gasteiger partial charge on any atom is 2.00 e. The van der Waals surface area contributed by atoms with E-state index in [0.717, 1.165) is 0 Å². The van der Waals surface area contributed by atoms with Crippen molar-refractivity contribution in [3.05, 3.63) is 0 Å². The summed E-state index contributed by atoms with van der Waals surface area (Å²) < 4.78 is 0. The number of hydrogen-bond donors (Lipinski definition) is 1. The molecular formula is C30H65MgN. The second kappa shape index (κ2) is 33.9. The van der Waals surface area contributed by atoms with Crippen LogP contribution in [0.15, 0.2) is 0 Å². The van der Waals surface area contributed by atoms with Gasteiger partial charge in [-0.1, -0.05) is 168 Å². The van der Waals surface area contributed by atoms with E-state index in [1.165, 1.54) is 180 Å². The first-order valence-corrected chi connectivity index (χ1v) is 15.1. The van der Waals surface area contributed by atoms with Crippen molar-refractivity contribution in [2.45, 2.75) is 181 Å². The monoisotopic (exact) mass is 463 g/mol. The Labute approximate surface area is 224 Å². The minimum absolute atomic E-state index is 0. The topological polar surface area (TPSA) is 12.0 Å². The molecule has 0 aliphatic carbocycles. The van der Waals surface area contributed by atoms with E-state index in [4.69, 9.17) is 0 Å². The Balaban J connectivity index is -0.00000150. The minimum Gasteiger partial charge on any atom is -1.00 e. The van der Waals surface area contributed by atoms with Crippen molar-refractivity contribution in [2.75, 3.05) is 13.1 Å². The van der Waals surface area contributed by atoms with Crippen molar-refractivity contribution < 1.29 is 2.85 Å². The molecule has 0 unspecified atom stereocenters. The van der Waals surface area contributed by atoms with E-state index in [2.05, 4.69) is 19.2 Å². The molecule has 1 N–H and O–H groups in total. The summed E-state index contributed by atoms with van der Waals surface area (Å²) in [4.78, 5) is 0. The summed E-state index contributed by atoms with van der Waals surface area (Å²) in [5, 5.41) is 3.66. The molecule has 0 heterocycles. The summed E-state index contributed by atoms with van der Waals surface area (Å²) in [6, 6.07) is 0. The zero-order chi connectivity index (χ0) is 22.5. The van der Waals surface area contributed by atoms with Gasteiger partial charge in [0.05, 0.1) is 0 Å². The van der Waals surface area contributed by atoms with Gasteiger partial charge < -0.3 is 8.17 Å². The van der Waals surface area contributed by atoms with Crippen molar-refractivity contribution in [1.29, 1.82) is 0 Å². The van der Waals surface area contributed by atoms with Crippen molar-refractivity contribution in [1.82, 2.24) is 5.32 Å². The van der Waals surface area contributed by atoms with Crippen molar-refractivity contribution in [3.63, 3.8) is 0 Å². The van der Waals surface area contributed by atoms with Gasteiger partial charge in [0.25, 0.3) is 0 Å². The van der Waals surface area contributed by atoms with Crippen LogP contribution >= 0.6 is 0 Å². The molecule has 0 saturated heterocycles. The van der Waals surface area contributed by atoms with Crippen LogP contribution < -0.4 is 5.32 Å². The van der Waals surface area contributed by atoms with Gasteiger partial charge in [-0.3, -0.25) is 0 Å². The van der Waals surface area contributed by atoms with Gasteiger partial charge >= 0.3 is 23.1 Å². The smallest absolute Gasteiger partial charge is 1.00 e. The fourth-order valence-electron chi connectivity index (χ4n) is 4.66. The first-order chi connectivity index (χ1) is 15.4. The van der Waals surface area contributed by atoms with Crippen LogP contribution in [-0.2, 0) is 0 Å². The third-order valence-electron chi connectivity index (χ3n) is 6.91. The number of hydrogen-bond acceptors (Lipinski definition) is 1. The molecule has 0 aromatic heterocycles. The number of nitrogens with one attached hydrogen (secondary N) is 1. The van der Waals surface area contributed by atoms with Crippen LogP contribution in [0.2, 0.25) is 0 Å². The Kier molecular flexibility index (Phi) is 37.0. The molecule has 0 aliphatic rings. The predicted octanol–water partition coefficient (Wildman–Crippen LogP) is 10.6. The standard InChI is InChI=1S/C30H63N.Mg.2H/c1-3-5-7-9-11-13-15-17-19-21-23-25-27-29-31-30-28-26-24-22-20-18-16-14-12-10-8-6-4-2;;;/h31H,3-30H2,1-2H3;;;/q;+2;2*-1. The molecular weight excluding hydrogens is 399 g/mol. The summed E-state index contributed by atoms with van der Waals surface area (Å²) in [6.45, 7) is 7.10. The van der Waals surface area contributed by atoms with Gasteiger partial charge in [-0.05, 0) is 25.9 Å². The molecule has 0 bridgehead atoms. The summed E-state index contributed by atoms with van der Waals surface area (Å²) in [7, 11) is 0. The van der Waals surface area contributed by atoms with Gasteiger partial charge in [0.15, 0.2) is 0 Å². The molecule has 192 valence electrons. The first kappa shape index (κ1) is 34.9. The van der Waals surface area contributed by atoms with Crippen LogP contribution in [0.1, 0.15) is 184 Å². The molecule has 0 aromatic rings. The third kappa shape index (κ3) is 32.9. The minimum atomic E-state index is 0. The van der Waals surface area contributed by atoms with Gasteiger partial charge in [0.1, 0.15) is 0 Å². The van der Waals surface area contributed by atoms with Crippen LogP contribution in [0.25, 0.3) is 0 Å². The number of unbranched alkanes of at least 4 members (excludes halogenated alkanes) is 24. The molecule has 0 fully saturated rings. The van der Waals surface area contributed by atoms with E-state index in [-0.39, 0.29) is 25.9 Å². The van der Waals surface area contributed by atoms with Gasteiger partial charge in [0, 0.05) is 0 Å². The molecule has 0 spiro atoms. The molecule has 0 aromatic carbocycles. The van der Waals surface area contributed by atoms with Gasteiger partial charge in [0.2, 0.25) is 0 Å². The second-order valence-corrected chi connectivity index (χ2v) is 10.2. The van der Waals surface area contributed by atoms with Crippen LogP contribution in [0.4, 0.5) is 0 Å². The molecule has 0 saturated carbocycles. The second-order valence-electron chi connectivity index (χ2n) is 10.2. The van der Waals surface area contributed by atoms with Crippen LogP contribution in [0.5, 0.6) is 0 Å². The van der Waals surface area contributed by atoms with Gasteiger partial charge in [-0.2, -0.15) is 0 Å². The Morgan fingerprint density at radius 2 is 0.500 bits per heavy atom. The largest absolute Gasteiger partial charge is 2.00 e. The average Bonchev–Trinajstić information content (AvgIpc) is 2.78. The first-order valence-electron chi connectivity index (χ1n) is 15.1. The maximum atomic E-state index is 3.66. The summed E-state index contributed by atoms with van der Waals surface area (Å²) >= 11 is 0. The van der Waals surface area contributed by atoms with E-state index >= 15 is 0 Å². The molecule has 0 rings (SSSR count). The average molecular weight is 464 g/mol. The molecule has 0 aliphatic heterocycles. The van der Waals surface area contributed by atoms with E-state index in [1.54, 1.807) is 0 Å². The van der Waals surface area contributed by atoms with Crippen LogP contribution in [-0.4, -0.2) is 36.1 Å². The predicted molar refractivity (Wildman–Crippen MR) is 152 cm³/mol. The SMILES string of the molecule is CCCCCCCCCCCCCCCNCCCCCCCCCCCCCCC.[H-].[H-].[Mg+2]. The van der Waals surface area contributed by atoms with Gasteiger partial charge in [-0.15, -0.1) is 0 Å². The zero-order valence-corrected chi connectivity index (χ0v) is 24.4. The van der Waals surface area contributed by atoms with Gasteiger partial charge in [-0.25, -0.2) is 0 Å². The Morgan fingerprint density at radius 3 is 0.719 bits per heavy atom. The van der Waals surface area contributed by atoms with Crippen LogP contribution in [0, 0.1) is 0 Å². The number of rotatable bonds is 28. The van der Waals surface area contributed by atoms with E-state index in [9.17, 15) is 0 Å². The quantitative estimate of drug-likeness (QED) is 0.0897. The normalized spacial score (nSPS) is 11.1. The molecule has 32 heavy (non-hydrogen) atoms. The van der Waals surface area contributed by atoms with Crippen LogP contribution in [0.3, 0.4) is 0 Å². The Morgan fingerprint density at radius 1 is 0.312 bits per heavy atom. The third-order valence-corrected chi connectivity index (χ3v) is 6.91. The molecule has 2 heteroatoms. The van der Waals surface area contributed by atoms with E-state index in [0.29, 0.717) is 0 Å². The van der Waals surface area contributed by atoms with E-state index in [1.807, 2.05) is 0 Å². The van der Waals surface area contributed by atoms with Crippen molar-refractivity contribution in [3.8, 4) is 0 Å². The molecule has 0 atom stereocenters. The fraction of sp³-hybridized carbons (Fsp3) is 1.00. The Hall–Kier alpha value is 0.726. The van der Waals surface area contributed by atoms with Crippen molar-refractivity contribution >= 4 is 23.1 Å². The Bertz CT molecular complexity index is 278. The maximum absolute atomic E-state index is 3.66.